The van der Waals surface area contributed by atoms with Gasteiger partial charge in [0.25, 0.3) is 0 Å². The van der Waals surface area contributed by atoms with E-state index in [4.69, 9.17) is 27.5 Å². The maximum atomic E-state index is 11.9. The Balaban J connectivity index is 1.70. The van der Waals surface area contributed by atoms with Crippen LogP contribution < -0.4 is 4.74 Å². The molecule has 0 amide bonds. The van der Waals surface area contributed by atoms with Gasteiger partial charge in [-0.3, -0.25) is 9.78 Å². The Bertz CT molecular complexity index is 508. The van der Waals surface area contributed by atoms with Gasteiger partial charge in [0.15, 0.2) is 0 Å². The molecule has 0 spiro atoms. The number of terminal acetylenes is 1. The van der Waals surface area contributed by atoms with Crippen LogP contribution in [-0.4, -0.2) is 24.2 Å². The molecule has 1 aromatic heterocycles. The van der Waals surface area contributed by atoms with Crippen molar-refractivity contribution in [3.63, 3.8) is 0 Å². The third-order valence-corrected chi connectivity index (χ3v) is 3.31. The number of carbonyl (C=O) groups is 1. The standard InChI is InChI=1S/C15H16ClNO3/c1-2-3-14(11-4-5-11)15(18)20-7-6-19-13-8-12(16)9-17-10-13/h1,8-11,14H,3-7H2. The van der Waals surface area contributed by atoms with Crippen LogP contribution in [0.4, 0.5) is 0 Å². The summed E-state index contributed by atoms with van der Waals surface area (Å²) in [6, 6.07) is 1.65. The predicted octanol–water partition coefficient (Wildman–Crippen LogP) is 2.71. The average molecular weight is 294 g/mol. The number of hydrogen-bond acceptors (Lipinski definition) is 4. The molecule has 1 heterocycles. The van der Waals surface area contributed by atoms with Gasteiger partial charge in [0.05, 0.1) is 17.1 Å². The third-order valence-electron chi connectivity index (χ3n) is 3.11. The van der Waals surface area contributed by atoms with Gasteiger partial charge in [-0.2, -0.15) is 0 Å². The van der Waals surface area contributed by atoms with Crippen LogP contribution in [0.15, 0.2) is 18.5 Å². The molecule has 0 radical (unpaired) electrons. The maximum Gasteiger partial charge on any atom is 0.310 e. The number of nitrogens with zero attached hydrogens (tertiary/aromatic N) is 1. The number of hydrogen-bond donors (Lipinski definition) is 0. The van der Waals surface area contributed by atoms with Crippen LogP contribution in [0.25, 0.3) is 0 Å². The summed E-state index contributed by atoms with van der Waals surface area (Å²) < 4.78 is 10.6. The zero-order valence-corrected chi connectivity index (χ0v) is 11.8. The van der Waals surface area contributed by atoms with E-state index >= 15 is 0 Å². The summed E-state index contributed by atoms with van der Waals surface area (Å²) in [6.45, 7) is 0.459. The summed E-state index contributed by atoms with van der Waals surface area (Å²) in [7, 11) is 0. The van der Waals surface area contributed by atoms with Crippen LogP contribution in [0.3, 0.4) is 0 Å². The lowest BCUT2D eigenvalue weighted by Crippen LogP contribution is -2.21. The summed E-state index contributed by atoms with van der Waals surface area (Å²) in [5.41, 5.74) is 0. The van der Waals surface area contributed by atoms with Gasteiger partial charge >= 0.3 is 5.97 Å². The lowest BCUT2D eigenvalue weighted by Gasteiger charge is -2.13. The Hall–Kier alpha value is -1.73. The molecule has 1 aliphatic rings. The monoisotopic (exact) mass is 293 g/mol. The number of ether oxygens (including phenoxy) is 2. The molecule has 1 aliphatic carbocycles. The molecule has 0 aromatic carbocycles. The van der Waals surface area contributed by atoms with E-state index in [-0.39, 0.29) is 25.1 Å². The van der Waals surface area contributed by atoms with Crippen LogP contribution in [0, 0.1) is 24.2 Å². The molecule has 1 aromatic rings. The minimum atomic E-state index is -0.224. The molecule has 0 saturated heterocycles. The molecule has 1 unspecified atom stereocenters. The molecule has 20 heavy (non-hydrogen) atoms. The van der Waals surface area contributed by atoms with E-state index in [1.165, 1.54) is 6.20 Å². The van der Waals surface area contributed by atoms with Crippen molar-refractivity contribution in [2.75, 3.05) is 13.2 Å². The zero-order valence-electron chi connectivity index (χ0n) is 11.0. The van der Waals surface area contributed by atoms with E-state index < -0.39 is 0 Å². The largest absolute Gasteiger partial charge is 0.488 e. The van der Waals surface area contributed by atoms with Crippen molar-refractivity contribution in [1.29, 1.82) is 0 Å². The van der Waals surface area contributed by atoms with E-state index in [2.05, 4.69) is 10.9 Å². The van der Waals surface area contributed by atoms with Crippen molar-refractivity contribution in [1.82, 2.24) is 4.98 Å². The van der Waals surface area contributed by atoms with Gasteiger partial charge in [0.1, 0.15) is 19.0 Å². The smallest absolute Gasteiger partial charge is 0.310 e. The third kappa shape index (κ3) is 4.43. The van der Waals surface area contributed by atoms with Gasteiger partial charge in [-0.05, 0) is 18.8 Å². The molecular formula is C15H16ClNO3. The Kier molecular flexibility index (Phi) is 5.25. The highest BCUT2D eigenvalue weighted by molar-refractivity contribution is 6.30. The van der Waals surface area contributed by atoms with Gasteiger partial charge in [-0.1, -0.05) is 11.6 Å². The van der Waals surface area contributed by atoms with E-state index in [1.807, 2.05) is 0 Å². The second-order valence-corrected chi connectivity index (χ2v) is 5.14. The maximum absolute atomic E-state index is 11.9. The van der Waals surface area contributed by atoms with Crippen LogP contribution in [0.1, 0.15) is 19.3 Å². The van der Waals surface area contributed by atoms with Crippen LogP contribution >= 0.6 is 11.6 Å². The molecule has 2 rings (SSSR count). The highest BCUT2D eigenvalue weighted by atomic mass is 35.5. The zero-order chi connectivity index (χ0) is 14.4. The second-order valence-electron chi connectivity index (χ2n) is 4.71. The lowest BCUT2D eigenvalue weighted by molar-refractivity contribution is -0.149. The number of rotatable bonds is 7. The first kappa shape index (κ1) is 14.7. The summed E-state index contributed by atoms with van der Waals surface area (Å²) in [4.78, 5) is 15.8. The molecule has 4 nitrogen and oxygen atoms in total. The predicted molar refractivity (Wildman–Crippen MR) is 75.4 cm³/mol. The molecule has 1 saturated carbocycles. The first-order valence-corrected chi connectivity index (χ1v) is 6.92. The van der Waals surface area contributed by atoms with Crippen molar-refractivity contribution in [2.45, 2.75) is 19.3 Å². The summed E-state index contributed by atoms with van der Waals surface area (Å²) >= 11 is 5.78. The Morgan fingerprint density at radius 1 is 1.50 bits per heavy atom. The molecule has 5 heteroatoms. The normalized spacial score (nSPS) is 15.2. The molecule has 106 valence electrons. The van der Waals surface area contributed by atoms with Crippen molar-refractivity contribution in [3.8, 4) is 18.1 Å². The van der Waals surface area contributed by atoms with Gasteiger partial charge in [0.2, 0.25) is 0 Å². The van der Waals surface area contributed by atoms with Gasteiger partial charge in [-0.15, -0.1) is 12.3 Å². The molecule has 1 atom stereocenters. The van der Waals surface area contributed by atoms with E-state index in [0.29, 0.717) is 23.1 Å². The van der Waals surface area contributed by atoms with E-state index in [1.54, 1.807) is 12.3 Å². The molecular weight excluding hydrogens is 278 g/mol. The fraction of sp³-hybridized carbons (Fsp3) is 0.467. The molecule has 0 N–H and O–H groups in total. The minimum Gasteiger partial charge on any atom is -0.488 e. The van der Waals surface area contributed by atoms with Crippen LogP contribution in [0.5, 0.6) is 5.75 Å². The number of aromatic nitrogens is 1. The van der Waals surface area contributed by atoms with E-state index in [0.717, 1.165) is 12.8 Å². The van der Waals surface area contributed by atoms with Crippen molar-refractivity contribution in [3.05, 3.63) is 23.5 Å². The lowest BCUT2D eigenvalue weighted by atomic mass is 10.0. The Labute approximate surface area is 123 Å². The highest BCUT2D eigenvalue weighted by Gasteiger charge is 2.36. The van der Waals surface area contributed by atoms with Gasteiger partial charge in [-0.25, -0.2) is 0 Å². The number of carbonyl (C=O) groups excluding carboxylic acids is 1. The van der Waals surface area contributed by atoms with Crippen LogP contribution in [-0.2, 0) is 9.53 Å². The highest BCUT2D eigenvalue weighted by Crippen LogP contribution is 2.39. The average Bonchev–Trinajstić information content (AvgIpc) is 3.25. The molecule has 0 bridgehead atoms. The summed E-state index contributed by atoms with van der Waals surface area (Å²) in [6.07, 6.45) is 10.9. The minimum absolute atomic E-state index is 0.159. The SMILES string of the molecule is C#CCC(C(=O)OCCOc1cncc(Cl)c1)C1CC1. The topological polar surface area (TPSA) is 48.4 Å². The quantitative estimate of drug-likeness (QED) is 0.440. The van der Waals surface area contributed by atoms with Gasteiger partial charge in [0, 0.05) is 18.7 Å². The Morgan fingerprint density at radius 2 is 2.30 bits per heavy atom. The summed E-state index contributed by atoms with van der Waals surface area (Å²) in [5.74, 6) is 3.11. The Morgan fingerprint density at radius 3 is 2.95 bits per heavy atom. The summed E-state index contributed by atoms with van der Waals surface area (Å²) in [5, 5.41) is 0.502. The number of esters is 1. The van der Waals surface area contributed by atoms with Crippen molar-refractivity contribution >= 4 is 17.6 Å². The fourth-order valence-electron chi connectivity index (χ4n) is 1.95. The van der Waals surface area contributed by atoms with Crippen molar-refractivity contribution < 1.29 is 14.3 Å². The van der Waals surface area contributed by atoms with Gasteiger partial charge < -0.3 is 9.47 Å². The first-order chi connectivity index (χ1) is 9.70. The van der Waals surface area contributed by atoms with Crippen LogP contribution in [0.2, 0.25) is 5.02 Å². The first-order valence-electron chi connectivity index (χ1n) is 6.54. The number of pyridine rings is 1. The molecule has 1 fully saturated rings. The molecule has 0 aliphatic heterocycles. The van der Waals surface area contributed by atoms with Crippen molar-refractivity contribution in [2.24, 2.45) is 11.8 Å². The number of halogens is 1. The second kappa shape index (κ2) is 7.16. The fourth-order valence-corrected chi connectivity index (χ4v) is 2.11. The van der Waals surface area contributed by atoms with E-state index in [9.17, 15) is 4.79 Å².